The molecule has 2 aliphatic rings. The Kier molecular flexibility index (Phi) is 8.03. The van der Waals surface area contributed by atoms with Gasteiger partial charge in [0.1, 0.15) is 0 Å². The second kappa shape index (κ2) is 8.22. The van der Waals surface area contributed by atoms with Crippen LogP contribution < -0.4 is 47.7 Å². The topological polar surface area (TPSA) is 0 Å². The molecular weight excluding hydrogens is 358 g/mol. The first kappa shape index (κ1) is 20.5. The first-order valence-corrected chi connectivity index (χ1v) is 6.03. The Morgan fingerprint density at radius 3 is 2.19 bits per heavy atom. The van der Waals surface area contributed by atoms with Crippen LogP contribution in [-0.2, 0) is 28.1 Å². The van der Waals surface area contributed by atoms with Gasteiger partial charge in [0.25, 0.3) is 0 Å². The minimum Gasteiger partial charge on any atom is -1.00 e. The first-order chi connectivity index (χ1) is 8.43. The van der Waals surface area contributed by atoms with Gasteiger partial charge >= 0.3 is 21.7 Å². The zero-order valence-electron chi connectivity index (χ0n) is 11.1. The molecule has 0 heterocycles. The molecule has 0 spiro atoms. The number of rotatable bonds is 0. The third-order valence-corrected chi connectivity index (χ3v) is 3.68. The molecule has 1 radical (unpaired) electrons. The van der Waals surface area contributed by atoms with Gasteiger partial charge in [0.05, 0.1) is 0 Å². The van der Waals surface area contributed by atoms with Gasteiger partial charge in [-0.1, -0.05) is 60.7 Å². The summed E-state index contributed by atoms with van der Waals surface area (Å²) in [4.78, 5) is 0. The maximum Gasteiger partial charge on any atom is 3.00 e. The van der Waals surface area contributed by atoms with Crippen molar-refractivity contribution in [2.45, 2.75) is 6.42 Å². The van der Waals surface area contributed by atoms with Crippen LogP contribution in [0, 0.1) is 0 Å². The molecule has 0 N–H and O–H groups in total. The van der Waals surface area contributed by atoms with Gasteiger partial charge in [-0.05, 0) is 38.8 Å². The minimum atomic E-state index is 0. The molecule has 0 bridgehead atoms. The van der Waals surface area contributed by atoms with Gasteiger partial charge < -0.3 is 37.2 Å². The first-order valence-electron chi connectivity index (χ1n) is 6.03. The number of hydrogen-bond acceptors (Lipinski definition) is 0. The van der Waals surface area contributed by atoms with E-state index < -0.39 is 0 Å². The van der Waals surface area contributed by atoms with Crippen molar-refractivity contribution in [3.63, 3.8) is 0 Å². The summed E-state index contributed by atoms with van der Waals surface area (Å²) < 4.78 is 0. The smallest absolute Gasteiger partial charge is 1.00 e. The van der Waals surface area contributed by atoms with Crippen molar-refractivity contribution in [2.75, 3.05) is 0 Å². The summed E-state index contributed by atoms with van der Waals surface area (Å²) in [5.41, 5.74) is 2.77. The van der Waals surface area contributed by atoms with Gasteiger partial charge in [-0.25, -0.2) is 0 Å². The fourth-order valence-corrected chi connectivity index (χ4v) is 2.83. The average Bonchev–Trinajstić information content (AvgIpc) is 2.86. The van der Waals surface area contributed by atoms with Crippen LogP contribution in [0.5, 0.6) is 0 Å². The largest absolute Gasteiger partial charge is 3.00 e. The van der Waals surface area contributed by atoms with Crippen molar-refractivity contribution < 1.29 is 58.9 Å². The van der Waals surface area contributed by atoms with Gasteiger partial charge in [0.15, 0.2) is 0 Å². The Morgan fingerprint density at radius 1 is 0.714 bits per heavy atom. The Balaban J connectivity index is 0.000001000. The number of fused-ring (bicyclic) bond motifs is 5. The van der Waals surface area contributed by atoms with Crippen molar-refractivity contribution in [2.24, 2.45) is 0 Å². The van der Waals surface area contributed by atoms with E-state index in [4.69, 9.17) is 0 Å². The van der Waals surface area contributed by atoms with Gasteiger partial charge in [-0.2, -0.15) is 0 Å². The van der Waals surface area contributed by atoms with Gasteiger partial charge in [-0.15, -0.1) is 0 Å². The van der Waals surface area contributed by atoms with Crippen molar-refractivity contribution in [3.8, 4) is 0 Å². The van der Waals surface area contributed by atoms with Crippen LogP contribution in [-0.4, -0.2) is 0 Å². The van der Waals surface area contributed by atoms with E-state index in [1.54, 1.807) is 0 Å². The molecule has 21 heavy (non-hydrogen) atoms. The van der Waals surface area contributed by atoms with Gasteiger partial charge in [-0.3, -0.25) is 0 Å². The summed E-state index contributed by atoms with van der Waals surface area (Å²) in [7, 11) is 0. The minimum absolute atomic E-state index is 0. The summed E-state index contributed by atoms with van der Waals surface area (Å²) >= 11 is 0. The maximum atomic E-state index is 2.27. The summed E-state index contributed by atoms with van der Waals surface area (Å²) in [6, 6.07) is 9.02. The fourth-order valence-electron chi connectivity index (χ4n) is 2.83. The zero-order valence-corrected chi connectivity index (χ0v) is 14.9. The number of benzene rings is 2. The summed E-state index contributed by atoms with van der Waals surface area (Å²) in [5.74, 6) is 0. The molecule has 105 valence electrons. The number of hydrogen-bond donors (Lipinski definition) is 0. The van der Waals surface area contributed by atoms with Crippen LogP contribution in [0.1, 0.15) is 11.1 Å². The Bertz CT molecular complexity index is 820. The molecule has 0 saturated heterocycles. The van der Waals surface area contributed by atoms with Crippen LogP contribution in [0.25, 0.3) is 29.0 Å². The van der Waals surface area contributed by atoms with E-state index in [2.05, 4.69) is 60.7 Å². The van der Waals surface area contributed by atoms with Crippen LogP contribution in [0.4, 0.5) is 0 Å². The van der Waals surface area contributed by atoms with E-state index in [-0.39, 0.29) is 58.9 Å². The molecule has 4 rings (SSSR count). The van der Waals surface area contributed by atoms with E-state index >= 15 is 0 Å². The molecule has 2 aromatic carbocycles. The van der Waals surface area contributed by atoms with Crippen LogP contribution in [0.15, 0.2) is 42.5 Å². The molecule has 0 nitrogen and oxygen atoms in total. The third kappa shape index (κ3) is 3.31. The molecule has 0 saturated carbocycles. The Labute approximate surface area is 157 Å². The molecule has 4 heteroatoms. The van der Waals surface area contributed by atoms with E-state index in [1.165, 1.54) is 32.3 Å². The average molecular weight is 371 g/mol. The molecule has 0 aliphatic heterocycles. The molecule has 0 aromatic heterocycles. The quantitative estimate of drug-likeness (QED) is 0.405. The summed E-state index contributed by atoms with van der Waals surface area (Å²) in [5, 5.41) is 5.52. The molecule has 0 amide bonds. The van der Waals surface area contributed by atoms with Crippen molar-refractivity contribution in [1.82, 2.24) is 0 Å². The van der Waals surface area contributed by atoms with Crippen LogP contribution >= 0.6 is 0 Å². The Hall–Kier alpha value is -0.496. The monoisotopic (exact) mass is 369 g/mol. The normalized spacial score (nSPS) is 12.4. The van der Waals surface area contributed by atoms with Gasteiger partial charge in [0.2, 0.25) is 0 Å². The number of allylic oxidation sites excluding steroid dienone is 3. The summed E-state index contributed by atoms with van der Waals surface area (Å²) in [6.07, 6.45) is 14.2. The van der Waals surface area contributed by atoms with Crippen molar-refractivity contribution in [3.05, 3.63) is 64.1 Å². The molecule has 2 aliphatic carbocycles. The maximum absolute atomic E-state index is 2.27. The van der Waals surface area contributed by atoms with E-state index in [0.29, 0.717) is 0 Å². The molecule has 0 unspecified atom stereocenters. The van der Waals surface area contributed by atoms with Crippen LogP contribution in [0.3, 0.4) is 0 Å². The second-order valence-corrected chi connectivity index (χ2v) is 4.63. The van der Waals surface area contributed by atoms with E-state index in [1.807, 2.05) is 0 Å². The van der Waals surface area contributed by atoms with E-state index in [0.717, 1.165) is 6.42 Å². The van der Waals surface area contributed by atoms with Crippen molar-refractivity contribution in [1.29, 1.82) is 0 Å². The van der Waals surface area contributed by atoms with Crippen LogP contribution in [0.2, 0.25) is 0 Å². The third-order valence-electron chi connectivity index (χ3n) is 3.68. The van der Waals surface area contributed by atoms with Gasteiger partial charge in [0, 0.05) is 0 Å². The fraction of sp³-hybridized carbons (Fsp3) is 0.0588. The summed E-state index contributed by atoms with van der Waals surface area (Å²) in [6.45, 7) is 0. The van der Waals surface area contributed by atoms with Crippen molar-refractivity contribution >= 4 is 29.0 Å². The zero-order chi connectivity index (χ0) is 11.2. The molecule has 0 fully saturated rings. The van der Waals surface area contributed by atoms with E-state index in [9.17, 15) is 0 Å². The second-order valence-electron chi connectivity index (χ2n) is 4.63. The predicted octanol–water partition coefficient (Wildman–Crippen LogP) is -6.45. The molecular formula is C17H12Cl3Ti. The SMILES string of the molecule is C1=CCc2ccc3c4c(ccc3c2=C1)C=CC=4.[Cl-].[Cl-].[Cl-].[Ti+3]. The number of halogens is 3. The predicted molar refractivity (Wildman–Crippen MR) is 74.0 cm³/mol. The molecule has 0 atom stereocenters. The Morgan fingerprint density at radius 2 is 1.38 bits per heavy atom. The molecule has 2 aromatic rings. The standard InChI is InChI=1S/C17H12.3ClH.Ti/c1-2-6-14-12(4-1)8-10-17-15-7-3-5-13(15)9-11-16(14)17;;;;/h1-3,5-11H,4H2;3*1H;/q;;;;+3/p-3.